The third-order valence-electron chi connectivity index (χ3n) is 2.46. The number of anilines is 1. The molecule has 94 valence electrons. The number of carboxylic acids is 1. The summed E-state index contributed by atoms with van der Waals surface area (Å²) in [5.74, 6) is -0.492. The van der Waals surface area contributed by atoms with Crippen LogP contribution in [0.1, 0.15) is 21.6 Å². The molecule has 0 fully saturated rings. The summed E-state index contributed by atoms with van der Waals surface area (Å²) in [6.45, 7) is 2.03. The number of hydrogen-bond acceptors (Lipinski definition) is 4. The van der Waals surface area contributed by atoms with Crippen LogP contribution in [-0.2, 0) is 6.61 Å². The normalized spacial score (nSPS) is 10.3. The maximum absolute atomic E-state index is 11.0. The maximum atomic E-state index is 11.0. The number of nitrogens with two attached hydrogens (primary N) is 1. The fraction of sp³-hybridized carbons (Fsp3) is 0.167. The first-order chi connectivity index (χ1) is 8.58. The molecule has 0 radical (unpaired) electrons. The number of carbonyl (C=O) groups is 1. The van der Waals surface area contributed by atoms with Gasteiger partial charge in [0, 0.05) is 0 Å². The van der Waals surface area contributed by atoms with E-state index >= 15 is 0 Å². The molecule has 0 spiro atoms. The van der Waals surface area contributed by atoms with Crippen molar-refractivity contribution in [1.29, 1.82) is 0 Å². The van der Waals surface area contributed by atoms with Gasteiger partial charge in [0.15, 0.2) is 5.82 Å². The van der Waals surface area contributed by atoms with Gasteiger partial charge in [-0.1, -0.05) is 12.1 Å². The second-order valence-corrected chi connectivity index (χ2v) is 3.87. The molecule has 1 aromatic carbocycles. The minimum atomic E-state index is -1.12. The van der Waals surface area contributed by atoms with Crippen molar-refractivity contribution < 1.29 is 14.6 Å². The Morgan fingerprint density at radius 1 is 1.56 bits per heavy atom. The Morgan fingerprint density at radius 3 is 3.00 bits per heavy atom. The standard InChI is InChI=1S/C12H13N3O3/c1-7-3-2-4-8(5-7)18-6-9-10(12(16)17)11(13)15-14-9/h2-5H,6H2,1H3,(H,16,17)(H3,13,14,15). The second kappa shape index (κ2) is 4.79. The second-order valence-electron chi connectivity index (χ2n) is 3.87. The molecule has 2 aromatic rings. The van der Waals surface area contributed by atoms with E-state index in [1.54, 1.807) is 6.07 Å². The van der Waals surface area contributed by atoms with Crippen molar-refractivity contribution in [3.05, 3.63) is 41.1 Å². The van der Waals surface area contributed by atoms with Gasteiger partial charge in [-0.15, -0.1) is 0 Å². The fourth-order valence-electron chi connectivity index (χ4n) is 1.60. The van der Waals surface area contributed by atoms with Crippen LogP contribution in [0.4, 0.5) is 5.82 Å². The number of nitrogens with zero attached hydrogens (tertiary/aromatic N) is 1. The number of aryl methyl sites for hydroxylation is 1. The molecule has 0 aliphatic heterocycles. The molecular formula is C12H13N3O3. The molecule has 0 atom stereocenters. The minimum absolute atomic E-state index is 0.0367. The highest BCUT2D eigenvalue weighted by Gasteiger charge is 2.17. The van der Waals surface area contributed by atoms with Gasteiger partial charge in [0.2, 0.25) is 0 Å². The molecule has 6 heteroatoms. The number of carboxylic acid groups (broad SMARTS) is 1. The number of H-pyrrole nitrogens is 1. The van der Waals surface area contributed by atoms with E-state index < -0.39 is 5.97 Å². The zero-order valence-electron chi connectivity index (χ0n) is 9.80. The van der Waals surface area contributed by atoms with Crippen molar-refractivity contribution in [2.24, 2.45) is 0 Å². The van der Waals surface area contributed by atoms with Gasteiger partial charge in [-0.25, -0.2) is 4.79 Å². The predicted molar refractivity (Wildman–Crippen MR) is 65.5 cm³/mol. The third kappa shape index (κ3) is 2.42. The summed E-state index contributed by atoms with van der Waals surface area (Å²) in [6.07, 6.45) is 0. The van der Waals surface area contributed by atoms with Crippen LogP contribution < -0.4 is 10.5 Å². The Kier molecular flexibility index (Phi) is 3.18. The minimum Gasteiger partial charge on any atom is -0.487 e. The highest BCUT2D eigenvalue weighted by Crippen LogP contribution is 2.17. The molecule has 0 saturated carbocycles. The molecule has 0 aliphatic carbocycles. The molecule has 18 heavy (non-hydrogen) atoms. The number of nitrogen functional groups attached to an aromatic ring is 1. The van der Waals surface area contributed by atoms with E-state index in [-0.39, 0.29) is 18.0 Å². The molecule has 0 saturated heterocycles. The summed E-state index contributed by atoms with van der Waals surface area (Å²) in [5.41, 5.74) is 6.83. The Morgan fingerprint density at radius 2 is 2.33 bits per heavy atom. The van der Waals surface area contributed by atoms with E-state index in [0.717, 1.165) is 5.56 Å². The average Bonchev–Trinajstić information content (AvgIpc) is 2.68. The van der Waals surface area contributed by atoms with Crippen LogP contribution in [0.2, 0.25) is 0 Å². The van der Waals surface area contributed by atoms with Gasteiger partial charge in [0.1, 0.15) is 17.9 Å². The number of hydrogen-bond donors (Lipinski definition) is 3. The molecule has 4 N–H and O–H groups in total. The Hall–Kier alpha value is -2.50. The molecular weight excluding hydrogens is 234 g/mol. The summed E-state index contributed by atoms with van der Waals surface area (Å²) >= 11 is 0. The lowest BCUT2D eigenvalue weighted by Crippen LogP contribution is -2.06. The Balaban J connectivity index is 2.13. The lowest BCUT2D eigenvalue weighted by molar-refractivity contribution is 0.0695. The topological polar surface area (TPSA) is 101 Å². The largest absolute Gasteiger partial charge is 0.487 e. The lowest BCUT2D eigenvalue weighted by Gasteiger charge is -2.06. The summed E-state index contributed by atoms with van der Waals surface area (Å²) in [4.78, 5) is 11.0. The summed E-state index contributed by atoms with van der Waals surface area (Å²) < 4.78 is 5.49. The highest BCUT2D eigenvalue weighted by atomic mass is 16.5. The van der Waals surface area contributed by atoms with Gasteiger partial charge in [0.05, 0.1) is 5.69 Å². The molecule has 0 aliphatic rings. The Labute approximate surface area is 103 Å². The van der Waals surface area contributed by atoms with E-state index in [1.807, 2.05) is 25.1 Å². The number of nitrogens with one attached hydrogen (secondary N) is 1. The predicted octanol–water partition coefficient (Wildman–Crippen LogP) is 1.58. The first-order valence-corrected chi connectivity index (χ1v) is 5.33. The molecule has 0 unspecified atom stereocenters. The molecule has 0 amide bonds. The van der Waals surface area contributed by atoms with Crippen LogP contribution in [0.25, 0.3) is 0 Å². The average molecular weight is 247 g/mol. The summed E-state index contributed by atoms with van der Waals surface area (Å²) in [7, 11) is 0. The number of ether oxygens (including phenoxy) is 1. The third-order valence-corrected chi connectivity index (χ3v) is 2.46. The fourth-order valence-corrected chi connectivity index (χ4v) is 1.60. The highest BCUT2D eigenvalue weighted by molar-refractivity contribution is 5.93. The molecule has 6 nitrogen and oxygen atoms in total. The van der Waals surface area contributed by atoms with Crippen molar-refractivity contribution >= 4 is 11.8 Å². The van der Waals surface area contributed by atoms with Crippen molar-refractivity contribution in [3.63, 3.8) is 0 Å². The Bertz CT molecular complexity index is 578. The van der Waals surface area contributed by atoms with E-state index in [1.165, 1.54) is 0 Å². The van der Waals surface area contributed by atoms with Crippen molar-refractivity contribution in [3.8, 4) is 5.75 Å². The van der Waals surface area contributed by atoms with Crippen molar-refractivity contribution in [2.75, 3.05) is 5.73 Å². The van der Waals surface area contributed by atoms with Crippen molar-refractivity contribution in [1.82, 2.24) is 10.2 Å². The van der Waals surface area contributed by atoms with Crippen LogP contribution in [0.5, 0.6) is 5.75 Å². The van der Waals surface area contributed by atoms with E-state index in [2.05, 4.69) is 10.2 Å². The van der Waals surface area contributed by atoms with Crippen LogP contribution >= 0.6 is 0 Å². The van der Waals surface area contributed by atoms with Crippen LogP contribution in [0.15, 0.2) is 24.3 Å². The van der Waals surface area contributed by atoms with Crippen LogP contribution in [0.3, 0.4) is 0 Å². The van der Waals surface area contributed by atoms with Crippen molar-refractivity contribution in [2.45, 2.75) is 13.5 Å². The zero-order chi connectivity index (χ0) is 13.1. The molecule has 2 rings (SSSR count). The van der Waals surface area contributed by atoms with Gasteiger partial charge in [-0.2, -0.15) is 5.10 Å². The number of aromatic amines is 1. The quantitative estimate of drug-likeness (QED) is 0.761. The number of rotatable bonds is 4. The maximum Gasteiger partial charge on any atom is 0.341 e. The number of aromatic nitrogens is 2. The smallest absolute Gasteiger partial charge is 0.341 e. The van der Waals surface area contributed by atoms with Gasteiger partial charge in [-0.3, -0.25) is 5.10 Å². The first-order valence-electron chi connectivity index (χ1n) is 5.33. The van der Waals surface area contributed by atoms with E-state index in [9.17, 15) is 4.79 Å². The molecule has 1 aromatic heterocycles. The van der Waals surface area contributed by atoms with Gasteiger partial charge < -0.3 is 15.6 Å². The monoisotopic (exact) mass is 247 g/mol. The van der Waals surface area contributed by atoms with Gasteiger partial charge in [-0.05, 0) is 24.6 Å². The van der Waals surface area contributed by atoms with E-state index in [4.69, 9.17) is 15.6 Å². The summed E-state index contributed by atoms with van der Waals surface area (Å²) in [5, 5.41) is 15.2. The number of aromatic carboxylic acids is 1. The number of benzene rings is 1. The summed E-state index contributed by atoms with van der Waals surface area (Å²) in [6, 6.07) is 7.47. The van der Waals surface area contributed by atoms with Crippen LogP contribution in [-0.4, -0.2) is 21.3 Å². The molecule has 1 heterocycles. The molecule has 0 bridgehead atoms. The zero-order valence-corrected chi connectivity index (χ0v) is 9.80. The van der Waals surface area contributed by atoms with E-state index in [0.29, 0.717) is 11.4 Å². The van der Waals surface area contributed by atoms with Gasteiger partial charge in [0.25, 0.3) is 0 Å². The lowest BCUT2D eigenvalue weighted by atomic mass is 10.2. The van der Waals surface area contributed by atoms with Crippen LogP contribution in [0, 0.1) is 6.92 Å². The van der Waals surface area contributed by atoms with Gasteiger partial charge >= 0.3 is 5.97 Å². The SMILES string of the molecule is Cc1cccc(OCc2[nH]nc(N)c2C(=O)O)c1. The first kappa shape index (κ1) is 12.0.